The standard InChI is InChI=1S/C25H29N3O3S/c1-25(2)19-9-10-20(25)22(13-19)27-24(29)16-8-11-21(26-3)23(12-16)32(30,31)28-14-17-6-4-5-7-18(17)15-28/h4-8,11-12,14-15,19-20,22,26H,9-10,13H2,1-3H3,(H,27,29). The lowest BCUT2D eigenvalue weighted by molar-refractivity contribution is 0.0917. The fourth-order valence-corrected chi connectivity index (χ4v) is 7.30. The first-order valence-corrected chi connectivity index (χ1v) is 12.6. The van der Waals surface area contributed by atoms with Gasteiger partial charge in [0.1, 0.15) is 4.90 Å². The molecule has 1 aromatic heterocycles. The van der Waals surface area contributed by atoms with Gasteiger partial charge in [0.25, 0.3) is 15.9 Å². The van der Waals surface area contributed by atoms with Gasteiger partial charge in [0.05, 0.1) is 5.69 Å². The Balaban J connectivity index is 1.47. The summed E-state index contributed by atoms with van der Waals surface area (Å²) in [5.41, 5.74) is 1.07. The molecule has 5 rings (SSSR count). The highest BCUT2D eigenvalue weighted by molar-refractivity contribution is 7.90. The Morgan fingerprint density at radius 2 is 1.75 bits per heavy atom. The van der Waals surface area contributed by atoms with Crippen LogP contribution in [0, 0.1) is 17.3 Å². The Labute approximate surface area is 189 Å². The third kappa shape index (κ3) is 3.22. The summed E-state index contributed by atoms with van der Waals surface area (Å²) in [6.07, 6.45) is 6.58. The number of nitrogens with one attached hydrogen (secondary N) is 2. The third-order valence-corrected chi connectivity index (χ3v) is 9.43. The van der Waals surface area contributed by atoms with Gasteiger partial charge in [0, 0.05) is 41.8 Å². The van der Waals surface area contributed by atoms with Crippen molar-refractivity contribution in [3.8, 4) is 0 Å². The number of fused-ring (bicyclic) bond motifs is 3. The predicted octanol–water partition coefficient (Wildman–Crippen LogP) is 4.47. The zero-order valence-electron chi connectivity index (χ0n) is 18.6. The van der Waals surface area contributed by atoms with Crippen LogP contribution in [0.25, 0.3) is 10.8 Å². The number of carbonyl (C=O) groups is 1. The van der Waals surface area contributed by atoms with Gasteiger partial charge < -0.3 is 10.6 Å². The number of carbonyl (C=O) groups excluding carboxylic acids is 1. The van der Waals surface area contributed by atoms with Crippen molar-refractivity contribution in [2.24, 2.45) is 17.3 Å². The molecule has 7 heteroatoms. The van der Waals surface area contributed by atoms with E-state index in [2.05, 4.69) is 24.5 Å². The zero-order valence-corrected chi connectivity index (χ0v) is 19.4. The Kier molecular flexibility index (Phi) is 4.85. The summed E-state index contributed by atoms with van der Waals surface area (Å²) in [6, 6.07) is 12.5. The quantitative estimate of drug-likeness (QED) is 0.600. The summed E-state index contributed by atoms with van der Waals surface area (Å²) in [7, 11) is -2.20. The molecule has 0 aliphatic heterocycles. The van der Waals surface area contributed by atoms with Crippen LogP contribution >= 0.6 is 0 Å². The first-order valence-electron chi connectivity index (χ1n) is 11.2. The van der Waals surface area contributed by atoms with Gasteiger partial charge in [0.15, 0.2) is 0 Å². The van der Waals surface area contributed by atoms with Crippen molar-refractivity contribution in [3.63, 3.8) is 0 Å². The summed E-state index contributed by atoms with van der Waals surface area (Å²) in [5.74, 6) is 0.905. The van der Waals surface area contributed by atoms with Gasteiger partial charge in [-0.1, -0.05) is 38.1 Å². The van der Waals surface area contributed by atoms with E-state index in [0.29, 0.717) is 23.1 Å². The van der Waals surface area contributed by atoms with E-state index in [1.807, 2.05) is 24.3 Å². The largest absolute Gasteiger partial charge is 0.387 e. The SMILES string of the molecule is CNc1ccc(C(=O)NC2CC3CCC2C3(C)C)cc1S(=O)(=O)n1cc2ccccc2c1. The van der Waals surface area contributed by atoms with Crippen molar-refractivity contribution >= 4 is 32.4 Å². The number of rotatable bonds is 5. The van der Waals surface area contributed by atoms with Crippen LogP contribution in [0.15, 0.2) is 59.8 Å². The number of hydrogen-bond acceptors (Lipinski definition) is 4. The van der Waals surface area contributed by atoms with Gasteiger partial charge >= 0.3 is 0 Å². The molecule has 3 atom stereocenters. The molecule has 6 nitrogen and oxygen atoms in total. The van der Waals surface area contributed by atoms with Gasteiger partial charge in [-0.3, -0.25) is 4.79 Å². The van der Waals surface area contributed by atoms with E-state index in [0.717, 1.165) is 23.6 Å². The van der Waals surface area contributed by atoms with Gasteiger partial charge in [-0.05, 0) is 54.7 Å². The van der Waals surface area contributed by atoms with Gasteiger partial charge in [-0.2, -0.15) is 0 Å². The third-order valence-electron chi connectivity index (χ3n) is 7.77. The molecule has 0 saturated heterocycles. The molecule has 2 fully saturated rings. The number of aromatic nitrogens is 1. The molecule has 2 saturated carbocycles. The van der Waals surface area contributed by atoms with Crippen molar-refractivity contribution in [2.75, 3.05) is 12.4 Å². The van der Waals surface area contributed by atoms with Crippen LogP contribution in [0.1, 0.15) is 43.5 Å². The van der Waals surface area contributed by atoms with E-state index in [9.17, 15) is 13.2 Å². The molecular formula is C25H29N3O3S. The van der Waals surface area contributed by atoms with E-state index in [-0.39, 0.29) is 22.3 Å². The molecule has 0 spiro atoms. The molecule has 32 heavy (non-hydrogen) atoms. The average molecular weight is 452 g/mol. The first-order chi connectivity index (χ1) is 15.2. The molecule has 2 bridgehead atoms. The predicted molar refractivity (Wildman–Crippen MR) is 126 cm³/mol. The summed E-state index contributed by atoms with van der Waals surface area (Å²) in [6.45, 7) is 4.60. The minimum atomic E-state index is -3.88. The fraction of sp³-hybridized carbons (Fsp3) is 0.400. The second-order valence-corrected chi connectivity index (χ2v) is 11.5. The smallest absolute Gasteiger partial charge is 0.269 e. The minimum absolute atomic E-state index is 0.0845. The van der Waals surface area contributed by atoms with Crippen LogP contribution in [0.3, 0.4) is 0 Å². The van der Waals surface area contributed by atoms with Crippen LogP contribution in [0.5, 0.6) is 0 Å². The molecule has 0 radical (unpaired) electrons. The lowest BCUT2D eigenvalue weighted by Gasteiger charge is -2.27. The Hall–Kier alpha value is -2.80. The molecule has 2 N–H and O–H groups in total. The maximum atomic E-state index is 13.5. The Morgan fingerprint density at radius 3 is 2.31 bits per heavy atom. The number of benzene rings is 2. The normalized spacial score (nSPS) is 24.0. The molecule has 2 aliphatic carbocycles. The molecule has 3 unspecified atom stereocenters. The van der Waals surface area contributed by atoms with Crippen molar-refractivity contribution < 1.29 is 13.2 Å². The maximum Gasteiger partial charge on any atom is 0.269 e. The highest BCUT2D eigenvalue weighted by Gasteiger charge is 2.53. The monoisotopic (exact) mass is 451 g/mol. The molecular weight excluding hydrogens is 422 g/mol. The zero-order chi connectivity index (χ0) is 22.7. The van der Waals surface area contributed by atoms with E-state index in [1.54, 1.807) is 31.6 Å². The summed E-state index contributed by atoms with van der Waals surface area (Å²) in [5, 5.41) is 7.84. The van der Waals surface area contributed by atoms with E-state index < -0.39 is 10.0 Å². The van der Waals surface area contributed by atoms with Gasteiger partial charge in [0.2, 0.25) is 0 Å². The van der Waals surface area contributed by atoms with E-state index >= 15 is 0 Å². The Morgan fingerprint density at radius 1 is 1.06 bits per heavy atom. The van der Waals surface area contributed by atoms with Crippen LogP contribution in [0.2, 0.25) is 0 Å². The molecule has 1 heterocycles. The number of hydrogen-bond donors (Lipinski definition) is 2. The van der Waals surface area contributed by atoms with Gasteiger partial charge in [-0.15, -0.1) is 0 Å². The van der Waals surface area contributed by atoms with Crippen LogP contribution in [0.4, 0.5) is 5.69 Å². The minimum Gasteiger partial charge on any atom is -0.387 e. The first kappa shape index (κ1) is 21.1. The average Bonchev–Trinajstić information content (AvgIpc) is 3.41. The molecule has 3 aromatic rings. The fourth-order valence-electron chi connectivity index (χ4n) is 5.84. The van der Waals surface area contributed by atoms with Crippen LogP contribution < -0.4 is 10.6 Å². The van der Waals surface area contributed by atoms with Crippen molar-refractivity contribution in [3.05, 3.63) is 60.4 Å². The molecule has 2 aliphatic rings. The number of amides is 1. The van der Waals surface area contributed by atoms with E-state index in [4.69, 9.17) is 0 Å². The number of nitrogens with zero attached hydrogens (tertiary/aromatic N) is 1. The lowest BCUT2D eigenvalue weighted by Crippen LogP contribution is -2.40. The summed E-state index contributed by atoms with van der Waals surface area (Å²) < 4.78 is 28.2. The Bertz CT molecular complexity index is 1280. The second-order valence-electron chi connectivity index (χ2n) is 9.70. The van der Waals surface area contributed by atoms with Crippen LogP contribution in [-0.4, -0.2) is 31.4 Å². The van der Waals surface area contributed by atoms with Crippen molar-refractivity contribution in [1.82, 2.24) is 9.29 Å². The van der Waals surface area contributed by atoms with Crippen molar-refractivity contribution in [2.45, 2.75) is 44.0 Å². The molecule has 1 amide bonds. The number of anilines is 1. The lowest BCUT2D eigenvalue weighted by atomic mass is 9.81. The summed E-state index contributed by atoms with van der Waals surface area (Å²) >= 11 is 0. The van der Waals surface area contributed by atoms with Crippen LogP contribution in [-0.2, 0) is 10.0 Å². The highest BCUT2D eigenvalue weighted by atomic mass is 32.2. The summed E-state index contributed by atoms with van der Waals surface area (Å²) in [4.78, 5) is 13.2. The topological polar surface area (TPSA) is 80.2 Å². The van der Waals surface area contributed by atoms with Gasteiger partial charge in [-0.25, -0.2) is 12.4 Å². The second kappa shape index (κ2) is 7.37. The maximum absolute atomic E-state index is 13.5. The molecule has 2 aromatic carbocycles. The highest BCUT2D eigenvalue weighted by Crippen LogP contribution is 2.57. The molecule has 168 valence electrons. The van der Waals surface area contributed by atoms with E-state index in [1.165, 1.54) is 16.5 Å². The van der Waals surface area contributed by atoms with Crippen molar-refractivity contribution in [1.29, 1.82) is 0 Å².